The van der Waals surface area contributed by atoms with Crippen LogP contribution in [0.3, 0.4) is 0 Å². The zero-order valence-electron chi connectivity index (χ0n) is 36.9. The number of fused-ring (bicyclic) bond motifs is 5. The Labute approximate surface area is 326 Å². The maximum absolute atomic E-state index is 9.64. The molecule has 0 aliphatic rings. The van der Waals surface area contributed by atoms with Crippen molar-refractivity contribution in [2.75, 3.05) is 4.90 Å². The molecule has 0 saturated carbocycles. The van der Waals surface area contributed by atoms with E-state index in [0.29, 0.717) is 28.0 Å². The van der Waals surface area contributed by atoms with Crippen LogP contribution >= 0.6 is 0 Å². The van der Waals surface area contributed by atoms with Gasteiger partial charge in [-0.1, -0.05) is 170 Å². The molecule has 2 heteroatoms. The molecule has 0 atom stereocenters. The molecule has 0 unspecified atom stereocenters. The lowest BCUT2D eigenvalue weighted by molar-refractivity contribution is 0.672. The molecule has 0 aliphatic carbocycles. The molecule has 10 aromatic rings. The lowest BCUT2D eigenvalue weighted by atomic mass is 9.94. The van der Waals surface area contributed by atoms with E-state index in [1.54, 1.807) is 48.5 Å². The van der Waals surface area contributed by atoms with Gasteiger partial charge in [-0.15, -0.1) is 0 Å². The molecule has 0 bridgehead atoms. The van der Waals surface area contributed by atoms with Gasteiger partial charge in [0.1, 0.15) is 11.2 Å². The van der Waals surface area contributed by atoms with Crippen molar-refractivity contribution in [1.82, 2.24) is 0 Å². The van der Waals surface area contributed by atoms with Crippen LogP contribution in [0.25, 0.3) is 77.2 Å². The first kappa shape index (κ1) is 24.2. The standard InChI is InChI=1S/C52H35NO/c1-3-12-36(13-4-1)38-22-24-39(25-23-38)41-28-32-43(33-29-41)53(42-30-26-40(27-31-42)37-14-5-2-6-15-37)50-20-9-7-16-46(50)44-18-11-19-48-45(44)34-35-49-47-17-8-10-21-51(47)54-52(48)49/h1-35H/i26D,27D,28D,29D,30D,31D,32D,33D. The molecule has 2 nitrogen and oxygen atoms in total. The fourth-order valence-electron chi connectivity index (χ4n) is 7.21. The number of furan rings is 1. The number of hydrogen-bond donors (Lipinski definition) is 0. The van der Waals surface area contributed by atoms with Crippen LogP contribution in [0.1, 0.15) is 11.0 Å². The van der Waals surface area contributed by atoms with Gasteiger partial charge in [0.15, 0.2) is 0 Å². The van der Waals surface area contributed by atoms with Gasteiger partial charge in [0.2, 0.25) is 0 Å². The van der Waals surface area contributed by atoms with Gasteiger partial charge in [-0.25, -0.2) is 0 Å². The quantitative estimate of drug-likeness (QED) is 0.165. The van der Waals surface area contributed by atoms with E-state index >= 15 is 0 Å². The molecule has 0 fully saturated rings. The normalized spacial score (nSPS) is 13.4. The van der Waals surface area contributed by atoms with E-state index in [4.69, 9.17) is 4.42 Å². The van der Waals surface area contributed by atoms with Gasteiger partial charge >= 0.3 is 0 Å². The van der Waals surface area contributed by atoms with Crippen LogP contribution in [0.5, 0.6) is 0 Å². The van der Waals surface area contributed by atoms with E-state index in [9.17, 15) is 11.0 Å². The Morgan fingerprint density at radius 3 is 1.46 bits per heavy atom. The third-order valence-corrected chi connectivity index (χ3v) is 9.85. The molecule has 9 aromatic carbocycles. The van der Waals surface area contributed by atoms with E-state index in [2.05, 4.69) is 0 Å². The Kier molecular flexibility index (Phi) is 6.01. The van der Waals surface area contributed by atoms with Crippen LogP contribution in [-0.4, -0.2) is 0 Å². The van der Waals surface area contributed by atoms with Gasteiger partial charge in [0, 0.05) is 33.1 Å². The van der Waals surface area contributed by atoms with E-state index in [-0.39, 0.29) is 46.7 Å². The fourth-order valence-corrected chi connectivity index (χ4v) is 7.21. The second kappa shape index (κ2) is 13.4. The highest BCUT2D eigenvalue weighted by atomic mass is 16.3. The van der Waals surface area contributed by atoms with Crippen molar-refractivity contribution in [3.05, 3.63) is 212 Å². The Morgan fingerprint density at radius 1 is 0.333 bits per heavy atom. The van der Waals surface area contributed by atoms with Gasteiger partial charge in [-0.05, 0) is 86.7 Å². The molecular formula is C52H35NO. The van der Waals surface area contributed by atoms with E-state index in [0.717, 1.165) is 43.8 Å². The Hall–Kier alpha value is -7.16. The predicted molar refractivity (Wildman–Crippen MR) is 228 cm³/mol. The first-order chi connectivity index (χ1) is 30.1. The summed E-state index contributed by atoms with van der Waals surface area (Å²) in [5, 5.41) is 3.63. The summed E-state index contributed by atoms with van der Waals surface area (Å²) in [4.78, 5) is 1.38. The van der Waals surface area contributed by atoms with Crippen LogP contribution < -0.4 is 4.90 Å². The summed E-state index contributed by atoms with van der Waals surface area (Å²) in [6.45, 7) is 0. The maximum atomic E-state index is 9.64. The third kappa shape index (κ3) is 5.62. The molecule has 0 amide bonds. The topological polar surface area (TPSA) is 16.4 Å². The van der Waals surface area contributed by atoms with Gasteiger partial charge in [0.25, 0.3) is 0 Å². The van der Waals surface area contributed by atoms with Crippen LogP contribution in [0, 0.1) is 0 Å². The maximum Gasteiger partial charge on any atom is 0.143 e. The van der Waals surface area contributed by atoms with Crippen molar-refractivity contribution in [1.29, 1.82) is 0 Å². The van der Waals surface area contributed by atoms with Gasteiger partial charge in [-0.3, -0.25) is 0 Å². The van der Waals surface area contributed by atoms with E-state index < -0.39 is 24.2 Å². The summed E-state index contributed by atoms with van der Waals surface area (Å²) in [5.74, 6) is 0. The summed E-state index contributed by atoms with van der Waals surface area (Å²) >= 11 is 0. The third-order valence-electron chi connectivity index (χ3n) is 9.85. The second-order valence-electron chi connectivity index (χ2n) is 13.1. The number of anilines is 3. The summed E-state index contributed by atoms with van der Waals surface area (Å²) in [6.07, 6.45) is 0. The summed E-state index contributed by atoms with van der Waals surface area (Å²) < 4.78 is 82.3. The van der Waals surface area contributed by atoms with Crippen LogP contribution in [0.4, 0.5) is 17.1 Å². The Morgan fingerprint density at radius 2 is 0.796 bits per heavy atom. The molecule has 1 aromatic heterocycles. The highest BCUT2D eigenvalue weighted by molar-refractivity contribution is 6.17. The molecule has 0 aliphatic heterocycles. The van der Waals surface area contributed by atoms with Gasteiger partial charge < -0.3 is 9.32 Å². The van der Waals surface area contributed by atoms with Gasteiger partial charge in [-0.2, -0.15) is 0 Å². The first-order valence-corrected chi connectivity index (χ1v) is 17.8. The van der Waals surface area contributed by atoms with Crippen molar-refractivity contribution in [2.24, 2.45) is 0 Å². The smallest absolute Gasteiger partial charge is 0.143 e. The number of rotatable bonds is 7. The number of para-hydroxylation sites is 2. The minimum Gasteiger partial charge on any atom is -0.455 e. The summed E-state index contributed by atoms with van der Waals surface area (Å²) in [6, 6.07) is 48.0. The lowest BCUT2D eigenvalue weighted by Gasteiger charge is -2.28. The number of hydrogen-bond acceptors (Lipinski definition) is 2. The van der Waals surface area contributed by atoms with Gasteiger partial charge in [0.05, 0.1) is 16.7 Å². The SMILES string of the molecule is [2H]c1c([2H])c(N(c2ccccc2-c2cccc3c2ccc2c4ccccc4oc32)c2c([2H])c([2H])c(-c3ccc(-c4ccccc4)cc3)c([2H])c2[2H])c([2H])c([2H])c1-c1ccccc1. The number of nitrogens with zero attached hydrogens (tertiary/aromatic N) is 1. The molecule has 0 saturated heterocycles. The summed E-state index contributed by atoms with van der Waals surface area (Å²) in [5.41, 5.74) is 5.83. The minimum absolute atomic E-state index is 0.0967. The van der Waals surface area contributed by atoms with Crippen molar-refractivity contribution in [2.45, 2.75) is 0 Å². The van der Waals surface area contributed by atoms with Crippen LogP contribution in [-0.2, 0) is 0 Å². The Balaban J connectivity index is 1.24. The molecule has 10 rings (SSSR count). The molecule has 0 spiro atoms. The molecule has 0 radical (unpaired) electrons. The van der Waals surface area contributed by atoms with Crippen molar-refractivity contribution < 1.29 is 15.4 Å². The van der Waals surface area contributed by atoms with Crippen molar-refractivity contribution in [3.63, 3.8) is 0 Å². The zero-order chi connectivity index (χ0) is 42.8. The monoisotopic (exact) mass is 697 g/mol. The summed E-state index contributed by atoms with van der Waals surface area (Å²) in [7, 11) is 0. The van der Waals surface area contributed by atoms with E-state index in [1.807, 2.05) is 115 Å². The highest BCUT2D eigenvalue weighted by Gasteiger charge is 2.20. The second-order valence-corrected chi connectivity index (χ2v) is 13.1. The molecule has 1 heterocycles. The molecule has 0 N–H and O–H groups in total. The van der Waals surface area contributed by atoms with E-state index in [1.165, 1.54) is 4.90 Å². The average Bonchev–Trinajstić information content (AvgIpc) is 3.70. The first-order valence-electron chi connectivity index (χ1n) is 21.8. The van der Waals surface area contributed by atoms with Crippen LogP contribution in [0.15, 0.2) is 217 Å². The minimum atomic E-state index is -0.408. The Bertz CT molecular complexity index is 3330. The largest absolute Gasteiger partial charge is 0.455 e. The zero-order valence-corrected chi connectivity index (χ0v) is 28.9. The van der Waals surface area contributed by atoms with Crippen molar-refractivity contribution >= 4 is 49.8 Å². The number of benzene rings is 9. The van der Waals surface area contributed by atoms with Crippen molar-refractivity contribution in [3.8, 4) is 44.5 Å². The molecule has 54 heavy (non-hydrogen) atoms. The fraction of sp³-hybridized carbons (Fsp3) is 0. The molecular weight excluding hydrogens is 655 g/mol. The molecule has 254 valence electrons. The van der Waals surface area contributed by atoms with Crippen LogP contribution in [0.2, 0.25) is 0 Å². The average molecular weight is 698 g/mol. The highest BCUT2D eigenvalue weighted by Crippen LogP contribution is 2.45. The lowest BCUT2D eigenvalue weighted by Crippen LogP contribution is -2.11. The predicted octanol–water partition coefficient (Wildman–Crippen LogP) is 14.9.